The van der Waals surface area contributed by atoms with Gasteiger partial charge < -0.3 is 14.6 Å². The number of likely N-dealkylation sites (tertiary alicyclic amines) is 1. The Hall–Kier alpha value is -2.11. The van der Waals surface area contributed by atoms with Crippen LogP contribution in [-0.2, 0) is 11.8 Å². The number of carbonyl (C=O) groups is 3. The summed E-state index contributed by atoms with van der Waals surface area (Å²) in [6.07, 6.45) is 2.59. The Labute approximate surface area is 123 Å². The molecule has 0 saturated carbocycles. The van der Waals surface area contributed by atoms with Gasteiger partial charge in [-0.25, -0.2) is 0 Å². The maximum atomic E-state index is 12.5. The molecule has 1 aliphatic rings. The van der Waals surface area contributed by atoms with Crippen LogP contribution in [0.15, 0.2) is 12.3 Å². The minimum Gasteiger partial charge on any atom is -0.481 e. The van der Waals surface area contributed by atoms with Crippen LogP contribution in [0.3, 0.4) is 0 Å². The first-order valence-corrected chi connectivity index (χ1v) is 7.00. The molecule has 2 heterocycles. The lowest BCUT2D eigenvalue weighted by atomic mass is 9.84. The van der Waals surface area contributed by atoms with Crippen LogP contribution in [0.4, 0.5) is 0 Å². The van der Waals surface area contributed by atoms with E-state index in [4.69, 9.17) is 0 Å². The third-order valence-electron chi connectivity index (χ3n) is 4.40. The predicted octanol–water partition coefficient (Wildman–Crippen LogP) is 1.55. The highest BCUT2D eigenvalue weighted by Gasteiger charge is 2.45. The van der Waals surface area contributed by atoms with E-state index in [0.29, 0.717) is 30.6 Å². The SMILES string of the molecule is CCC1(C(=O)O)CCN(C(=O)c2cc(C(C)=O)cn2C)C1. The van der Waals surface area contributed by atoms with Gasteiger partial charge in [-0.05, 0) is 25.8 Å². The highest BCUT2D eigenvalue weighted by Crippen LogP contribution is 2.34. The second kappa shape index (κ2) is 5.35. The molecule has 2 rings (SSSR count). The number of aliphatic carboxylic acids is 1. The second-order valence-electron chi connectivity index (χ2n) is 5.70. The molecule has 0 bridgehead atoms. The molecule has 0 aromatic carbocycles. The number of amides is 1. The number of rotatable bonds is 4. The topological polar surface area (TPSA) is 79.6 Å². The molecule has 1 aliphatic heterocycles. The lowest BCUT2D eigenvalue weighted by Gasteiger charge is -2.23. The normalized spacial score (nSPS) is 21.6. The minimum atomic E-state index is -0.850. The molecule has 6 nitrogen and oxygen atoms in total. The van der Waals surface area contributed by atoms with Crippen LogP contribution in [0, 0.1) is 5.41 Å². The van der Waals surface area contributed by atoms with E-state index in [1.807, 2.05) is 6.92 Å². The smallest absolute Gasteiger partial charge is 0.311 e. The first kappa shape index (κ1) is 15.3. The van der Waals surface area contributed by atoms with Crippen LogP contribution < -0.4 is 0 Å². The molecule has 0 radical (unpaired) electrons. The molecule has 0 aliphatic carbocycles. The number of aryl methyl sites for hydroxylation is 1. The van der Waals surface area contributed by atoms with Crippen molar-refractivity contribution in [3.8, 4) is 0 Å². The number of hydrogen-bond acceptors (Lipinski definition) is 3. The van der Waals surface area contributed by atoms with E-state index in [0.717, 1.165) is 0 Å². The third-order valence-corrected chi connectivity index (χ3v) is 4.40. The van der Waals surface area contributed by atoms with Gasteiger partial charge >= 0.3 is 5.97 Å². The first-order valence-electron chi connectivity index (χ1n) is 7.00. The van der Waals surface area contributed by atoms with E-state index < -0.39 is 11.4 Å². The summed E-state index contributed by atoms with van der Waals surface area (Å²) < 4.78 is 1.62. The summed E-state index contributed by atoms with van der Waals surface area (Å²) in [4.78, 5) is 36.9. The largest absolute Gasteiger partial charge is 0.481 e. The number of aromatic nitrogens is 1. The van der Waals surface area contributed by atoms with E-state index in [1.54, 1.807) is 28.8 Å². The molecule has 114 valence electrons. The van der Waals surface area contributed by atoms with Gasteiger partial charge in [0.15, 0.2) is 5.78 Å². The summed E-state index contributed by atoms with van der Waals surface area (Å²) in [6.45, 7) is 3.93. The molecule has 1 N–H and O–H groups in total. The van der Waals surface area contributed by atoms with Gasteiger partial charge in [-0.15, -0.1) is 0 Å². The standard InChI is InChI=1S/C15H20N2O4/c1-4-15(14(20)21)5-6-17(9-15)13(19)12-7-11(10(2)18)8-16(12)3/h7-8H,4-6,9H2,1-3H3,(H,20,21). The average Bonchev–Trinajstić information content (AvgIpc) is 3.02. The molecule has 1 saturated heterocycles. The fourth-order valence-corrected chi connectivity index (χ4v) is 2.79. The average molecular weight is 292 g/mol. The number of carboxylic acids is 1. The predicted molar refractivity (Wildman–Crippen MR) is 76.3 cm³/mol. The fraction of sp³-hybridized carbons (Fsp3) is 0.533. The van der Waals surface area contributed by atoms with Crippen molar-refractivity contribution < 1.29 is 19.5 Å². The van der Waals surface area contributed by atoms with Crippen LogP contribution in [0.2, 0.25) is 0 Å². The van der Waals surface area contributed by atoms with Gasteiger partial charge in [-0.3, -0.25) is 14.4 Å². The number of carbonyl (C=O) groups excluding carboxylic acids is 2. The molecule has 1 aromatic heterocycles. The summed E-state index contributed by atoms with van der Waals surface area (Å²) in [5.41, 5.74) is 0.0575. The lowest BCUT2D eigenvalue weighted by molar-refractivity contribution is -0.148. The van der Waals surface area contributed by atoms with E-state index in [9.17, 15) is 19.5 Å². The molecular weight excluding hydrogens is 272 g/mol. The zero-order valence-corrected chi connectivity index (χ0v) is 12.5. The Morgan fingerprint density at radius 1 is 1.38 bits per heavy atom. The number of Topliss-reactive ketones (excluding diaryl/α,β-unsaturated/α-hetero) is 1. The molecule has 1 fully saturated rings. The van der Waals surface area contributed by atoms with Gasteiger partial charge in [0.2, 0.25) is 0 Å². The quantitative estimate of drug-likeness (QED) is 0.854. The number of carboxylic acid groups (broad SMARTS) is 1. The third kappa shape index (κ3) is 2.57. The van der Waals surface area contributed by atoms with Crippen molar-refractivity contribution in [2.45, 2.75) is 26.7 Å². The van der Waals surface area contributed by atoms with Crippen molar-refractivity contribution in [3.63, 3.8) is 0 Å². The molecule has 0 spiro atoms. The van der Waals surface area contributed by atoms with Gasteiger partial charge in [0.05, 0.1) is 5.41 Å². The monoisotopic (exact) mass is 292 g/mol. The van der Waals surface area contributed by atoms with Crippen molar-refractivity contribution >= 4 is 17.7 Å². The van der Waals surface area contributed by atoms with E-state index in [1.165, 1.54) is 6.92 Å². The van der Waals surface area contributed by atoms with Gasteiger partial charge in [-0.2, -0.15) is 0 Å². The Bertz CT molecular complexity index is 605. The molecule has 1 atom stereocenters. The minimum absolute atomic E-state index is 0.0977. The highest BCUT2D eigenvalue weighted by atomic mass is 16.4. The van der Waals surface area contributed by atoms with Crippen LogP contribution >= 0.6 is 0 Å². The zero-order valence-electron chi connectivity index (χ0n) is 12.5. The molecule has 21 heavy (non-hydrogen) atoms. The highest BCUT2D eigenvalue weighted by molar-refractivity contribution is 5.99. The van der Waals surface area contributed by atoms with Gasteiger partial charge in [0.25, 0.3) is 5.91 Å². The van der Waals surface area contributed by atoms with E-state index in [-0.39, 0.29) is 18.2 Å². The van der Waals surface area contributed by atoms with Crippen LogP contribution in [0.1, 0.15) is 47.5 Å². The summed E-state index contributed by atoms with van der Waals surface area (Å²) in [7, 11) is 1.71. The number of nitrogens with zero attached hydrogens (tertiary/aromatic N) is 2. The molecular formula is C15H20N2O4. The van der Waals surface area contributed by atoms with Gasteiger partial charge in [0, 0.05) is 31.9 Å². The summed E-state index contributed by atoms with van der Waals surface area (Å²) >= 11 is 0. The van der Waals surface area contributed by atoms with E-state index in [2.05, 4.69) is 0 Å². The maximum Gasteiger partial charge on any atom is 0.311 e. The van der Waals surface area contributed by atoms with Crippen LogP contribution in [-0.4, -0.2) is 45.3 Å². The first-order chi connectivity index (χ1) is 9.80. The second-order valence-corrected chi connectivity index (χ2v) is 5.70. The summed E-state index contributed by atoms with van der Waals surface area (Å²) in [5, 5.41) is 9.38. The summed E-state index contributed by atoms with van der Waals surface area (Å²) in [6, 6.07) is 1.57. The van der Waals surface area contributed by atoms with Crippen molar-refractivity contribution in [3.05, 3.63) is 23.5 Å². The number of hydrogen-bond donors (Lipinski definition) is 1. The van der Waals surface area contributed by atoms with Crippen molar-refractivity contribution in [1.82, 2.24) is 9.47 Å². The maximum absolute atomic E-state index is 12.5. The Kier molecular flexibility index (Phi) is 3.89. The molecule has 6 heteroatoms. The van der Waals surface area contributed by atoms with Crippen molar-refractivity contribution in [2.24, 2.45) is 12.5 Å². The lowest BCUT2D eigenvalue weighted by Crippen LogP contribution is -2.37. The van der Waals surface area contributed by atoms with Crippen molar-refractivity contribution in [1.29, 1.82) is 0 Å². The fourth-order valence-electron chi connectivity index (χ4n) is 2.79. The molecule has 1 amide bonds. The van der Waals surface area contributed by atoms with Crippen molar-refractivity contribution in [2.75, 3.05) is 13.1 Å². The Balaban J connectivity index is 2.22. The Morgan fingerprint density at radius 2 is 2.05 bits per heavy atom. The zero-order chi connectivity index (χ0) is 15.8. The van der Waals surface area contributed by atoms with Crippen LogP contribution in [0.25, 0.3) is 0 Å². The number of ketones is 1. The molecule has 1 aromatic rings. The molecule has 1 unspecified atom stereocenters. The van der Waals surface area contributed by atoms with E-state index >= 15 is 0 Å². The van der Waals surface area contributed by atoms with Crippen LogP contribution in [0.5, 0.6) is 0 Å². The van der Waals surface area contributed by atoms with Gasteiger partial charge in [0.1, 0.15) is 5.69 Å². The summed E-state index contributed by atoms with van der Waals surface area (Å²) in [5.74, 6) is -1.17. The van der Waals surface area contributed by atoms with Gasteiger partial charge in [-0.1, -0.05) is 6.92 Å². The Morgan fingerprint density at radius 3 is 2.48 bits per heavy atom.